The Balaban J connectivity index is 0.000000960. The number of hydrogen-bond acceptors (Lipinski definition) is 3. The minimum atomic E-state index is 0. The number of fused-ring (bicyclic) bond motifs is 2. The maximum atomic E-state index is 12.4. The highest BCUT2D eigenvalue weighted by atomic mass is 35.5. The molecule has 2 atom stereocenters. The lowest BCUT2D eigenvalue weighted by molar-refractivity contribution is -0.130. The molecule has 1 aromatic carbocycles. The summed E-state index contributed by atoms with van der Waals surface area (Å²) in [6, 6.07) is 8.06. The predicted octanol–water partition coefficient (Wildman–Crippen LogP) is 1.95. The summed E-state index contributed by atoms with van der Waals surface area (Å²) in [5.41, 5.74) is 2.10. The van der Waals surface area contributed by atoms with Gasteiger partial charge < -0.3 is 14.8 Å². The van der Waals surface area contributed by atoms with Crippen molar-refractivity contribution >= 4 is 41.8 Å². The van der Waals surface area contributed by atoms with E-state index in [1.165, 1.54) is 0 Å². The highest BCUT2D eigenvalue weighted by Crippen LogP contribution is 2.26. The van der Waals surface area contributed by atoms with E-state index in [0.717, 1.165) is 37.2 Å². The van der Waals surface area contributed by atoms with Crippen molar-refractivity contribution in [2.75, 3.05) is 26.2 Å². The number of hydrogen-bond donors (Lipinski definition) is 1. The van der Waals surface area contributed by atoms with Crippen LogP contribution in [0.15, 0.2) is 30.6 Å². The largest absolute Gasteiger partial charge is 0.342 e. The first-order valence-corrected chi connectivity index (χ1v) is 7.69. The molecule has 2 saturated heterocycles. The fourth-order valence-electron chi connectivity index (χ4n) is 3.62. The zero-order valence-electron chi connectivity index (χ0n) is 12.9. The van der Waals surface area contributed by atoms with Gasteiger partial charge in [-0.1, -0.05) is 12.1 Å². The van der Waals surface area contributed by atoms with Crippen LogP contribution in [0.1, 0.15) is 6.42 Å². The molecule has 2 fully saturated rings. The van der Waals surface area contributed by atoms with E-state index in [1.807, 2.05) is 24.5 Å². The molecule has 4 rings (SSSR count). The summed E-state index contributed by atoms with van der Waals surface area (Å²) in [4.78, 5) is 18.8. The molecule has 0 bridgehead atoms. The molecule has 2 aliphatic heterocycles. The molecule has 7 heteroatoms. The van der Waals surface area contributed by atoms with Gasteiger partial charge in [0.05, 0.1) is 17.4 Å². The van der Waals surface area contributed by atoms with Crippen molar-refractivity contribution in [2.24, 2.45) is 11.8 Å². The Kier molecular flexibility index (Phi) is 5.89. The molecular weight excluding hydrogens is 335 g/mol. The van der Waals surface area contributed by atoms with Crippen molar-refractivity contribution in [1.82, 2.24) is 19.8 Å². The standard InChI is InChI=1S/C16H20N4O.2ClH/c21-16(20-9-12-7-17-8-13(12)10-20)5-6-19-11-18-14-3-1-2-4-15(14)19;;/h1-4,11-13,17H,5-10H2;2*1H/t12-,13+;;. The van der Waals surface area contributed by atoms with E-state index in [-0.39, 0.29) is 30.7 Å². The Morgan fingerprint density at radius 1 is 1.17 bits per heavy atom. The van der Waals surface area contributed by atoms with Crippen LogP contribution in [0.5, 0.6) is 0 Å². The molecule has 2 aromatic rings. The molecule has 23 heavy (non-hydrogen) atoms. The Hall–Kier alpha value is -1.30. The van der Waals surface area contributed by atoms with Crippen LogP contribution in [-0.4, -0.2) is 46.5 Å². The van der Waals surface area contributed by atoms with Gasteiger partial charge in [-0.25, -0.2) is 4.98 Å². The normalized spacial score (nSPS) is 22.5. The molecule has 0 unspecified atom stereocenters. The van der Waals surface area contributed by atoms with E-state index in [4.69, 9.17) is 0 Å². The van der Waals surface area contributed by atoms with E-state index >= 15 is 0 Å². The van der Waals surface area contributed by atoms with Gasteiger partial charge in [0.2, 0.25) is 5.91 Å². The molecule has 1 aromatic heterocycles. The number of nitrogens with zero attached hydrogens (tertiary/aromatic N) is 3. The van der Waals surface area contributed by atoms with Gasteiger partial charge in [0.1, 0.15) is 0 Å². The summed E-state index contributed by atoms with van der Waals surface area (Å²) in [7, 11) is 0. The molecule has 1 amide bonds. The second-order valence-corrected chi connectivity index (χ2v) is 6.15. The number of halogens is 2. The third-order valence-corrected chi connectivity index (χ3v) is 4.84. The van der Waals surface area contributed by atoms with Gasteiger partial charge in [-0.15, -0.1) is 24.8 Å². The predicted molar refractivity (Wildman–Crippen MR) is 95.3 cm³/mol. The molecule has 1 N–H and O–H groups in total. The van der Waals surface area contributed by atoms with Crippen molar-refractivity contribution in [3.05, 3.63) is 30.6 Å². The van der Waals surface area contributed by atoms with Crippen molar-refractivity contribution in [3.8, 4) is 0 Å². The molecule has 0 saturated carbocycles. The van der Waals surface area contributed by atoms with Crippen LogP contribution in [0.2, 0.25) is 0 Å². The summed E-state index contributed by atoms with van der Waals surface area (Å²) in [5.74, 6) is 1.62. The molecule has 5 nitrogen and oxygen atoms in total. The second kappa shape index (κ2) is 7.51. The third kappa shape index (κ3) is 3.47. The Morgan fingerprint density at radius 3 is 2.61 bits per heavy atom. The van der Waals surface area contributed by atoms with Crippen LogP contribution in [0, 0.1) is 11.8 Å². The molecule has 126 valence electrons. The number of aromatic nitrogens is 2. The number of likely N-dealkylation sites (tertiary alicyclic amines) is 1. The van der Waals surface area contributed by atoms with Crippen molar-refractivity contribution in [2.45, 2.75) is 13.0 Å². The summed E-state index contributed by atoms with van der Waals surface area (Å²) in [6.45, 7) is 4.72. The highest BCUT2D eigenvalue weighted by Gasteiger charge is 2.37. The Bertz CT molecular complexity index is 663. The van der Waals surface area contributed by atoms with Gasteiger partial charge in [0, 0.05) is 39.1 Å². The van der Waals surface area contributed by atoms with E-state index in [0.29, 0.717) is 24.8 Å². The fraction of sp³-hybridized carbons (Fsp3) is 0.500. The molecule has 0 radical (unpaired) electrons. The van der Waals surface area contributed by atoms with E-state index in [1.54, 1.807) is 0 Å². The number of aryl methyl sites for hydroxylation is 1. The Labute approximate surface area is 148 Å². The first-order valence-electron chi connectivity index (χ1n) is 7.69. The first kappa shape index (κ1) is 18.0. The van der Waals surface area contributed by atoms with Gasteiger partial charge in [-0.3, -0.25) is 4.79 Å². The quantitative estimate of drug-likeness (QED) is 0.914. The number of benzene rings is 1. The number of imidazole rings is 1. The van der Waals surface area contributed by atoms with Gasteiger partial charge >= 0.3 is 0 Å². The SMILES string of the molecule is Cl.Cl.O=C(CCn1cnc2ccccc21)N1C[C@H]2CNC[C@H]2C1. The molecule has 0 aliphatic carbocycles. The lowest BCUT2D eigenvalue weighted by atomic mass is 10.0. The van der Waals surface area contributed by atoms with Crippen LogP contribution in [0.4, 0.5) is 0 Å². The number of carbonyl (C=O) groups is 1. The lowest BCUT2D eigenvalue weighted by Crippen LogP contribution is -2.32. The number of carbonyl (C=O) groups excluding carboxylic acids is 1. The van der Waals surface area contributed by atoms with Gasteiger partial charge in [0.15, 0.2) is 0 Å². The maximum absolute atomic E-state index is 12.4. The second-order valence-electron chi connectivity index (χ2n) is 6.15. The average molecular weight is 357 g/mol. The summed E-state index contributed by atoms with van der Waals surface area (Å²) in [5, 5.41) is 3.41. The Morgan fingerprint density at radius 2 is 1.87 bits per heavy atom. The van der Waals surface area contributed by atoms with Crippen LogP contribution in [-0.2, 0) is 11.3 Å². The monoisotopic (exact) mass is 356 g/mol. The summed E-state index contributed by atoms with van der Waals surface area (Å²) < 4.78 is 2.08. The van der Waals surface area contributed by atoms with Gasteiger partial charge in [0.25, 0.3) is 0 Å². The number of amides is 1. The highest BCUT2D eigenvalue weighted by molar-refractivity contribution is 5.85. The third-order valence-electron chi connectivity index (χ3n) is 4.84. The van der Waals surface area contributed by atoms with Gasteiger partial charge in [-0.05, 0) is 24.0 Å². The van der Waals surface area contributed by atoms with E-state index in [2.05, 4.69) is 25.8 Å². The molecule has 2 aliphatic rings. The lowest BCUT2D eigenvalue weighted by Gasteiger charge is -2.17. The zero-order chi connectivity index (χ0) is 14.2. The van der Waals surface area contributed by atoms with Crippen molar-refractivity contribution in [3.63, 3.8) is 0 Å². The maximum Gasteiger partial charge on any atom is 0.224 e. The van der Waals surface area contributed by atoms with Crippen molar-refractivity contribution < 1.29 is 4.79 Å². The van der Waals surface area contributed by atoms with Gasteiger partial charge in [-0.2, -0.15) is 0 Å². The summed E-state index contributed by atoms with van der Waals surface area (Å²) >= 11 is 0. The van der Waals surface area contributed by atoms with E-state index in [9.17, 15) is 4.79 Å². The minimum Gasteiger partial charge on any atom is -0.342 e. The zero-order valence-corrected chi connectivity index (χ0v) is 14.5. The molecule has 3 heterocycles. The molecular formula is C16H22Cl2N4O. The first-order chi connectivity index (χ1) is 10.3. The number of para-hydroxylation sites is 2. The van der Waals surface area contributed by atoms with Crippen LogP contribution < -0.4 is 5.32 Å². The smallest absolute Gasteiger partial charge is 0.224 e. The number of nitrogens with one attached hydrogen (secondary N) is 1. The van der Waals surface area contributed by atoms with E-state index < -0.39 is 0 Å². The number of rotatable bonds is 3. The molecule has 0 spiro atoms. The van der Waals surface area contributed by atoms with Crippen LogP contribution in [0.25, 0.3) is 11.0 Å². The van der Waals surface area contributed by atoms with Crippen molar-refractivity contribution in [1.29, 1.82) is 0 Å². The van der Waals surface area contributed by atoms with Crippen LogP contribution >= 0.6 is 24.8 Å². The fourth-order valence-corrected chi connectivity index (χ4v) is 3.62. The minimum absolute atomic E-state index is 0. The average Bonchev–Trinajstić information content (AvgIpc) is 3.18. The topological polar surface area (TPSA) is 50.2 Å². The van der Waals surface area contributed by atoms with Crippen LogP contribution in [0.3, 0.4) is 0 Å². The summed E-state index contributed by atoms with van der Waals surface area (Å²) in [6.07, 6.45) is 2.40.